The van der Waals surface area contributed by atoms with Gasteiger partial charge in [0.15, 0.2) is 0 Å². The molecule has 0 saturated heterocycles. The van der Waals surface area contributed by atoms with Crippen molar-refractivity contribution in [2.75, 3.05) is 17.2 Å². The number of hydrogen-bond donors (Lipinski definition) is 4. The maximum absolute atomic E-state index is 15.1. The molecule has 40 heavy (non-hydrogen) atoms. The van der Waals surface area contributed by atoms with E-state index in [1.807, 2.05) is 4.72 Å². The average molecular weight is 585 g/mol. The van der Waals surface area contributed by atoms with Crippen LogP contribution in [0.25, 0.3) is 16.5 Å². The molecule has 1 saturated carbocycles. The number of fused-ring (bicyclic) bond motifs is 1. The first-order valence-corrected chi connectivity index (χ1v) is 15.4. The van der Waals surface area contributed by atoms with Gasteiger partial charge in [-0.15, -0.1) is 11.3 Å². The van der Waals surface area contributed by atoms with E-state index in [9.17, 15) is 23.1 Å². The third-order valence-corrected chi connectivity index (χ3v) is 9.76. The maximum Gasteiger partial charge on any atom is 0.333 e. The lowest BCUT2D eigenvalue weighted by atomic mass is 10.0. The molecule has 1 aliphatic carbocycles. The number of carbonyl (C=O) groups is 1. The van der Waals surface area contributed by atoms with E-state index in [1.54, 1.807) is 23.6 Å². The Hall–Kier alpha value is -3.90. The standard InChI is InChI=1S/C28H29FN4O5S2/c29-23-17-21(31-28(36)32-40(37,38)26-8-4-14-39-26)10-12-24(23)33-25(34)16-19-15-20(9-11-22(19)27(33)35)30-13-3-7-18-5-1-2-6-18/h4,8-12,14-18,30,35H,1-3,5-7,13H2,(H2,31,32,36). The van der Waals surface area contributed by atoms with Gasteiger partial charge in [0, 0.05) is 29.4 Å². The van der Waals surface area contributed by atoms with Crippen molar-refractivity contribution in [1.82, 2.24) is 9.29 Å². The first-order valence-electron chi connectivity index (χ1n) is 13.0. The van der Waals surface area contributed by atoms with Gasteiger partial charge in [0.2, 0.25) is 5.88 Å². The Kier molecular flexibility index (Phi) is 8.08. The van der Waals surface area contributed by atoms with Crippen LogP contribution in [0.15, 0.2) is 69.0 Å². The summed E-state index contributed by atoms with van der Waals surface area (Å²) in [7, 11) is -4.06. The van der Waals surface area contributed by atoms with E-state index in [4.69, 9.17) is 0 Å². The predicted octanol–water partition coefficient (Wildman–Crippen LogP) is 5.79. The molecular weight excluding hydrogens is 555 g/mol. The molecule has 5 rings (SSSR count). The van der Waals surface area contributed by atoms with Gasteiger partial charge in [-0.3, -0.25) is 4.79 Å². The molecule has 2 heterocycles. The Morgan fingerprint density at radius 2 is 1.85 bits per heavy atom. The summed E-state index contributed by atoms with van der Waals surface area (Å²) in [5.41, 5.74) is -0.0768. The number of halogens is 1. The zero-order chi connectivity index (χ0) is 28.3. The van der Waals surface area contributed by atoms with E-state index in [0.717, 1.165) is 46.5 Å². The number of amides is 2. The summed E-state index contributed by atoms with van der Waals surface area (Å²) >= 11 is 0.943. The van der Waals surface area contributed by atoms with E-state index >= 15 is 4.39 Å². The molecular formula is C28H29FN4O5S2. The van der Waals surface area contributed by atoms with E-state index in [0.29, 0.717) is 10.8 Å². The van der Waals surface area contributed by atoms with E-state index in [2.05, 4.69) is 10.6 Å². The second kappa shape index (κ2) is 11.7. The molecule has 2 amide bonds. The van der Waals surface area contributed by atoms with Gasteiger partial charge in [-0.1, -0.05) is 31.7 Å². The molecule has 0 radical (unpaired) electrons. The van der Waals surface area contributed by atoms with Gasteiger partial charge in [-0.05, 0) is 72.0 Å². The van der Waals surface area contributed by atoms with Crippen molar-refractivity contribution in [2.45, 2.75) is 42.7 Å². The van der Waals surface area contributed by atoms with Gasteiger partial charge in [-0.25, -0.2) is 26.9 Å². The van der Waals surface area contributed by atoms with Gasteiger partial charge in [0.25, 0.3) is 15.6 Å². The molecule has 1 fully saturated rings. The molecule has 0 atom stereocenters. The van der Waals surface area contributed by atoms with Crippen molar-refractivity contribution in [3.05, 3.63) is 76.1 Å². The van der Waals surface area contributed by atoms with Crippen LogP contribution in [0.2, 0.25) is 0 Å². The molecule has 4 N–H and O–H groups in total. The second-order valence-corrected chi connectivity index (χ2v) is 12.7. The number of anilines is 2. The Balaban J connectivity index is 1.29. The fraction of sp³-hybridized carbons (Fsp3) is 0.286. The summed E-state index contributed by atoms with van der Waals surface area (Å²) in [6.45, 7) is 0.814. The summed E-state index contributed by atoms with van der Waals surface area (Å²) in [4.78, 5) is 25.1. The highest BCUT2D eigenvalue weighted by atomic mass is 32.2. The summed E-state index contributed by atoms with van der Waals surface area (Å²) in [6, 6.07) is 11.8. The molecule has 4 aromatic rings. The Morgan fingerprint density at radius 1 is 1.07 bits per heavy atom. The average Bonchev–Trinajstić information content (AvgIpc) is 3.62. The molecule has 9 nitrogen and oxygen atoms in total. The highest BCUT2D eigenvalue weighted by Crippen LogP contribution is 2.30. The summed E-state index contributed by atoms with van der Waals surface area (Å²) in [6.07, 6.45) is 7.55. The predicted molar refractivity (Wildman–Crippen MR) is 155 cm³/mol. The first-order chi connectivity index (χ1) is 19.2. The topological polar surface area (TPSA) is 130 Å². The Labute approximate surface area is 234 Å². The monoisotopic (exact) mass is 584 g/mol. The normalized spacial score (nSPS) is 13.9. The Bertz CT molecular complexity index is 1700. The lowest BCUT2D eigenvalue weighted by molar-refractivity contribution is 0.256. The highest BCUT2D eigenvalue weighted by Gasteiger charge is 2.20. The van der Waals surface area contributed by atoms with Crippen molar-refractivity contribution in [1.29, 1.82) is 0 Å². The van der Waals surface area contributed by atoms with Crippen LogP contribution in [0.3, 0.4) is 0 Å². The highest BCUT2D eigenvalue weighted by molar-refractivity contribution is 7.92. The number of thiophene rings is 1. The molecule has 1 aliphatic rings. The van der Waals surface area contributed by atoms with Gasteiger partial charge >= 0.3 is 6.03 Å². The van der Waals surface area contributed by atoms with Crippen LogP contribution in [0, 0.1) is 11.7 Å². The largest absolute Gasteiger partial charge is 0.494 e. The van der Waals surface area contributed by atoms with Crippen molar-refractivity contribution in [2.24, 2.45) is 5.92 Å². The van der Waals surface area contributed by atoms with Crippen LogP contribution in [-0.2, 0) is 10.0 Å². The Morgan fingerprint density at radius 3 is 2.58 bits per heavy atom. The first kappa shape index (κ1) is 27.7. The third kappa shape index (κ3) is 6.13. The number of hydrogen-bond acceptors (Lipinski definition) is 7. The minimum absolute atomic E-state index is 0.0439. The number of sulfonamides is 1. The number of nitrogens with zero attached hydrogens (tertiary/aromatic N) is 1. The quantitative estimate of drug-likeness (QED) is 0.184. The van der Waals surface area contributed by atoms with Crippen molar-refractivity contribution < 1.29 is 22.7 Å². The number of urea groups is 1. The van der Waals surface area contributed by atoms with Crippen LogP contribution in [0.1, 0.15) is 38.5 Å². The van der Waals surface area contributed by atoms with Crippen LogP contribution >= 0.6 is 11.3 Å². The van der Waals surface area contributed by atoms with E-state index in [-0.39, 0.29) is 15.6 Å². The number of carbonyl (C=O) groups excluding carboxylic acids is 1. The number of pyridine rings is 1. The van der Waals surface area contributed by atoms with Crippen molar-refractivity contribution >= 4 is 49.5 Å². The molecule has 0 spiro atoms. The van der Waals surface area contributed by atoms with Gasteiger partial charge in [0.05, 0.1) is 5.69 Å². The number of benzene rings is 2. The second-order valence-electron chi connectivity index (χ2n) is 9.82. The number of aromatic hydroxyl groups is 1. The lowest BCUT2D eigenvalue weighted by Crippen LogP contribution is -2.34. The minimum Gasteiger partial charge on any atom is -0.494 e. The molecule has 0 aliphatic heterocycles. The molecule has 12 heteroatoms. The smallest absolute Gasteiger partial charge is 0.333 e. The van der Waals surface area contributed by atoms with Crippen LogP contribution in [0.5, 0.6) is 5.88 Å². The van der Waals surface area contributed by atoms with Gasteiger partial charge in [-0.2, -0.15) is 0 Å². The third-order valence-electron chi connectivity index (χ3n) is 7.03. The summed E-state index contributed by atoms with van der Waals surface area (Å²) < 4.78 is 42.2. The van der Waals surface area contributed by atoms with Crippen LogP contribution in [0.4, 0.5) is 20.6 Å². The van der Waals surface area contributed by atoms with Crippen molar-refractivity contribution in [3.8, 4) is 11.6 Å². The fourth-order valence-electron chi connectivity index (χ4n) is 5.08. The zero-order valence-corrected chi connectivity index (χ0v) is 23.2. The summed E-state index contributed by atoms with van der Waals surface area (Å²) in [5.74, 6) is -0.505. The molecule has 2 aromatic carbocycles. The van der Waals surface area contributed by atoms with Gasteiger partial charge in [0.1, 0.15) is 10.0 Å². The minimum atomic E-state index is -4.06. The van der Waals surface area contributed by atoms with E-state index < -0.39 is 33.3 Å². The SMILES string of the molecule is O=C(Nc1ccc(-n2c(O)c3ccc(NCCCC4CCCC4)cc3cc2=O)c(F)c1)NS(=O)(=O)c1cccs1. The lowest BCUT2D eigenvalue weighted by Gasteiger charge is -2.14. The number of aromatic nitrogens is 1. The zero-order valence-electron chi connectivity index (χ0n) is 21.5. The van der Waals surface area contributed by atoms with Crippen LogP contribution in [-0.4, -0.2) is 30.7 Å². The van der Waals surface area contributed by atoms with Crippen molar-refractivity contribution in [3.63, 3.8) is 0 Å². The molecule has 0 unspecified atom stereocenters. The summed E-state index contributed by atoms with van der Waals surface area (Å²) in [5, 5.41) is 19.0. The molecule has 210 valence electrons. The number of rotatable bonds is 9. The number of nitrogens with one attached hydrogen (secondary N) is 3. The van der Waals surface area contributed by atoms with E-state index in [1.165, 1.54) is 62.4 Å². The van der Waals surface area contributed by atoms with Crippen LogP contribution < -0.4 is 20.9 Å². The van der Waals surface area contributed by atoms with Gasteiger partial charge < -0.3 is 15.7 Å². The molecule has 2 aromatic heterocycles. The molecule has 0 bridgehead atoms. The maximum atomic E-state index is 15.1. The fourth-order valence-corrected chi connectivity index (χ4v) is 6.98.